The minimum atomic E-state index is 0.855. The molecule has 0 spiro atoms. The maximum atomic E-state index is 5.65. The molecule has 0 fully saturated rings. The Balaban J connectivity index is 1.55. The van der Waals surface area contributed by atoms with Crippen molar-refractivity contribution in [3.63, 3.8) is 0 Å². The average Bonchev–Trinajstić information content (AvgIpc) is 2.62. The van der Waals surface area contributed by atoms with E-state index in [1.807, 2.05) is 24.3 Å². The van der Waals surface area contributed by atoms with Gasteiger partial charge in [0.25, 0.3) is 0 Å². The third-order valence-electron chi connectivity index (χ3n) is 3.83. The van der Waals surface area contributed by atoms with Crippen LogP contribution in [0, 0.1) is 11.8 Å². The summed E-state index contributed by atoms with van der Waals surface area (Å²) >= 11 is 3.45. The summed E-state index contributed by atoms with van der Waals surface area (Å²) in [6.45, 7) is 1.75. The van der Waals surface area contributed by atoms with E-state index < -0.39 is 0 Å². The van der Waals surface area contributed by atoms with E-state index in [9.17, 15) is 0 Å². The molecule has 1 aromatic heterocycles. The number of ether oxygens (including phenoxy) is 1. The van der Waals surface area contributed by atoms with E-state index in [0.29, 0.717) is 0 Å². The molecule has 0 aliphatic carbocycles. The van der Waals surface area contributed by atoms with Crippen molar-refractivity contribution in [2.24, 2.45) is 0 Å². The zero-order valence-electron chi connectivity index (χ0n) is 14.3. The molecule has 0 radical (unpaired) electrons. The molecule has 1 heterocycles. The standard InChI is InChI=1S/C21H26BrNO/c22-16-8-2-4-10-18-24-17-9-3-1-5-12-20-15-14-19-11-6-7-13-21(19)23-20/h6-7,11,13-15H,1-4,8-10,16-18H2. The normalized spacial score (nSPS) is 10.5. The monoisotopic (exact) mass is 387 g/mol. The Hall–Kier alpha value is -1.37. The topological polar surface area (TPSA) is 22.1 Å². The largest absolute Gasteiger partial charge is 0.381 e. The van der Waals surface area contributed by atoms with Crippen molar-refractivity contribution >= 4 is 26.8 Å². The van der Waals surface area contributed by atoms with Gasteiger partial charge < -0.3 is 4.74 Å². The first-order valence-corrected chi connectivity index (χ1v) is 10.0. The predicted octanol–water partition coefficient (Wildman–Crippen LogP) is 5.73. The zero-order valence-corrected chi connectivity index (χ0v) is 15.9. The summed E-state index contributed by atoms with van der Waals surface area (Å²) in [5.74, 6) is 6.38. The van der Waals surface area contributed by atoms with Crippen molar-refractivity contribution in [1.29, 1.82) is 0 Å². The Bertz CT molecular complexity index is 659. The molecule has 24 heavy (non-hydrogen) atoms. The first-order chi connectivity index (χ1) is 11.9. The number of fused-ring (bicyclic) bond motifs is 1. The van der Waals surface area contributed by atoms with Crippen LogP contribution in [0.1, 0.15) is 50.6 Å². The molecule has 0 atom stereocenters. The molecule has 128 valence electrons. The first kappa shape index (κ1) is 19.0. The second-order valence-electron chi connectivity index (χ2n) is 5.86. The van der Waals surface area contributed by atoms with Gasteiger partial charge in [0, 0.05) is 30.4 Å². The number of hydrogen-bond acceptors (Lipinski definition) is 2. The fourth-order valence-electron chi connectivity index (χ4n) is 2.46. The summed E-state index contributed by atoms with van der Waals surface area (Å²) in [5, 5.41) is 2.27. The number of halogens is 1. The van der Waals surface area contributed by atoms with E-state index in [1.165, 1.54) is 25.7 Å². The SMILES string of the molecule is BrCCCCCCOCCCCC#Cc1ccc2ccccc2n1. The molecule has 2 nitrogen and oxygen atoms in total. The number of rotatable bonds is 10. The lowest BCUT2D eigenvalue weighted by Gasteiger charge is -2.02. The zero-order chi connectivity index (χ0) is 16.9. The molecule has 0 N–H and O–H groups in total. The molecule has 2 aromatic rings. The molecule has 0 bridgehead atoms. The molecular weight excluding hydrogens is 362 g/mol. The van der Waals surface area contributed by atoms with Crippen LogP contribution < -0.4 is 0 Å². The van der Waals surface area contributed by atoms with E-state index in [2.05, 4.69) is 44.9 Å². The van der Waals surface area contributed by atoms with Crippen molar-refractivity contribution in [1.82, 2.24) is 4.98 Å². The van der Waals surface area contributed by atoms with E-state index in [1.54, 1.807) is 0 Å². The van der Waals surface area contributed by atoms with Gasteiger partial charge in [-0.1, -0.05) is 59.0 Å². The lowest BCUT2D eigenvalue weighted by atomic mass is 10.2. The fraction of sp³-hybridized carbons (Fsp3) is 0.476. The van der Waals surface area contributed by atoms with Crippen LogP contribution in [-0.2, 0) is 4.74 Å². The number of benzene rings is 1. The van der Waals surface area contributed by atoms with Crippen molar-refractivity contribution in [2.45, 2.75) is 44.9 Å². The van der Waals surface area contributed by atoms with Crippen LogP contribution in [0.5, 0.6) is 0 Å². The molecule has 0 aliphatic rings. The molecule has 0 saturated heterocycles. The Labute approximate surface area is 154 Å². The quantitative estimate of drug-likeness (QED) is 0.295. The first-order valence-electron chi connectivity index (χ1n) is 8.88. The molecule has 1 aromatic carbocycles. The van der Waals surface area contributed by atoms with Gasteiger partial charge in [-0.15, -0.1) is 0 Å². The summed E-state index contributed by atoms with van der Waals surface area (Å²) in [7, 11) is 0. The van der Waals surface area contributed by atoms with Crippen molar-refractivity contribution in [2.75, 3.05) is 18.5 Å². The van der Waals surface area contributed by atoms with Gasteiger partial charge in [-0.05, 0) is 43.7 Å². The third-order valence-corrected chi connectivity index (χ3v) is 4.39. The van der Waals surface area contributed by atoms with Crippen LogP contribution in [0.3, 0.4) is 0 Å². The van der Waals surface area contributed by atoms with Gasteiger partial charge in [-0.3, -0.25) is 0 Å². The van der Waals surface area contributed by atoms with Crippen molar-refractivity contribution < 1.29 is 4.74 Å². The summed E-state index contributed by atoms with van der Waals surface area (Å²) in [4.78, 5) is 4.56. The highest BCUT2D eigenvalue weighted by Crippen LogP contribution is 2.11. The van der Waals surface area contributed by atoms with Gasteiger partial charge in [-0.25, -0.2) is 4.98 Å². The summed E-state index contributed by atoms with van der Waals surface area (Å²) in [6.07, 6.45) is 8.10. The number of para-hydroxylation sites is 1. The van der Waals surface area contributed by atoms with Gasteiger partial charge in [0.15, 0.2) is 0 Å². The Morgan fingerprint density at radius 3 is 2.54 bits per heavy atom. The van der Waals surface area contributed by atoms with E-state index in [4.69, 9.17) is 4.74 Å². The van der Waals surface area contributed by atoms with Crippen LogP contribution >= 0.6 is 15.9 Å². The van der Waals surface area contributed by atoms with Gasteiger partial charge in [0.05, 0.1) is 5.52 Å². The van der Waals surface area contributed by atoms with Gasteiger partial charge >= 0.3 is 0 Å². The Morgan fingerprint density at radius 1 is 0.875 bits per heavy atom. The molecule has 0 amide bonds. The van der Waals surface area contributed by atoms with E-state index in [0.717, 1.165) is 54.4 Å². The maximum Gasteiger partial charge on any atom is 0.113 e. The van der Waals surface area contributed by atoms with Gasteiger partial charge in [0.1, 0.15) is 5.69 Å². The summed E-state index contributed by atoms with van der Waals surface area (Å²) < 4.78 is 5.65. The highest BCUT2D eigenvalue weighted by Gasteiger charge is 1.94. The van der Waals surface area contributed by atoms with Crippen LogP contribution in [0.25, 0.3) is 10.9 Å². The van der Waals surface area contributed by atoms with Crippen LogP contribution in [-0.4, -0.2) is 23.5 Å². The molecule has 3 heteroatoms. The maximum absolute atomic E-state index is 5.65. The van der Waals surface area contributed by atoms with Crippen LogP contribution in [0.15, 0.2) is 36.4 Å². The number of nitrogens with zero attached hydrogens (tertiary/aromatic N) is 1. The molecule has 2 rings (SSSR count). The van der Waals surface area contributed by atoms with Crippen molar-refractivity contribution in [3.05, 3.63) is 42.1 Å². The predicted molar refractivity (Wildman–Crippen MR) is 106 cm³/mol. The van der Waals surface area contributed by atoms with E-state index in [-0.39, 0.29) is 0 Å². The minimum absolute atomic E-state index is 0.855. The second kappa shape index (κ2) is 12.1. The molecular formula is C21H26BrNO. The number of pyridine rings is 1. The molecule has 0 saturated carbocycles. The lowest BCUT2D eigenvalue weighted by molar-refractivity contribution is 0.126. The smallest absolute Gasteiger partial charge is 0.113 e. The Morgan fingerprint density at radius 2 is 1.67 bits per heavy atom. The average molecular weight is 388 g/mol. The summed E-state index contributed by atoms with van der Waals surface area (Å²) in [5.41, 5.74) is 1.86. The van der Waals surface area contributed by atoms with Crippen LogP contribution in [0.2, 0.25) is 0 Å². The second-order valence-corrected chi connectivity index (χ2v) is 6.66. The number of hydrogen-bond donors (Lipinski definition) is 0. The highest BCUT2D eigenvalue weighted by molar-refractivity contribution is 9.09. The highest BCUT2D eigenvalue weighted by atomic mass is 79.9. The van der Waals surface area contributed by atoms with E-state index >= 15 is 0 Å². The van der Waals surface area contributed by atoms with Crippen molar-refractivity contribution in [3.8, 4) is 11.8 Å². The number of unbranched alkanes of at least 4 members (excludes halogenated alkanes) is 5. The summed E-state index contributed by atoms with van der Waals surface area (Å²) in [6, 6.07) is 12.2. The lowest BCUT2D eigenvalue weighted by Crippen LogP contribution is -1.97. The Kier molecular flexibility index (Phi) is 9.53. The third kappa shape index (κ3) is 7.47. The van der Waals surface area contributed by atoms with Crippen LogP contribution in [0.4, 0.5) is 0 Å². The fourth-order valence-corrected chi connectivity index (χ4v) is 2.86. The van der Waals surface area contributed by atoms with Gasteiger partial charge in [0.2, 0.25) is 0 Å². The minimum Gasteiger partial charge on any atom is -0.381 e. The number of aromatic nitrogens is 1. The van der Waals surface area contributed by atoms with Gasteiger partial charge in [-0.2, -0.15) is 0 Å². The number of alkyl halides is 1. The molecule has 0 unspecified atom stereocenters. The molecule has 0 aliphatic heterocycles.